The van der Waals surface area contributed by atoms with E-state index in [4.69, 9.17) is 23.6 Å². The highest BCUT2D eigenvalue weighted by atomic mass is 35.5. The molecule has 80 valence electrons. The Labute approximate surface area is 93.0 Å². The Morgan fingerprint density at radius 2 is 1.86 bits per heavy atom. The van der Waals surface area contributed by atoms with E-state index in [-0.39, 0.29) is 0 Å². The van der Waals surface area contributed by atoms with Crippen LogP contribution in [0.5, 0.6) is 0 Å². The molecule has 0 saturated carbocycles. The van der Waals surface area contributed by atoms with Crippen LogP contribution in [-0.2, 0) is 4.79 Å². The molecule has 0 aromatic carbocycles. The zero-order valence-corrected chi connectivity index (χ0v) is 9.60. The average molecular weight is 239 g/mol. The summed E-state index contributed by atoms with van der Waals surface area (Å²) in [7, 11) is 0. The SMILES string of the molecule is CCCC1(CC)C(=O)N(Cl)C(=O)N1Cl. The standard InChI is InChI=1S/C8H12Cl2N2O2/c1-3-5-8(4-2)6(13)11(9)7(14)12(8)10/h3-5H2,1-2H3. The summed E-state index contributed by atoms with van der Waals surface area (Å²) in [6.45, 7) is 3.74. The van der Waals surface area contributed by atoms with Crippen LogP contribution in [0.2, 0.25) is 0 Å². The molecule has 0 aromatic heterocycles. The summed E-state index contributed by atoms with van der Waals surface area (Å²) in [5.74, 6) is -0.427. The first-order chi connectivity index (χ1) is 6.51. The van der Waals surface area contributed by atoms with E-state index < -0.39 is 17.5 Å². The molecule has 14 heavy (non-hydrogen) atoms. The Hall–Kier alpha value is -0.480. The molecule has 3 amide bonds. The number of carbonyl (C=O) groups is 2. The van der Waals surface area contributed by atoms with Gasteiger partial charge in [0.1, 0.15) is 5.54 Å². The minimum Gasteiger partial charge on any atom is -0.270 e. The maximum Gasteiger partial charge on any atom is 0.357 e. The molecular formula is C8H12Cl2N2O2. The number of imide groups is 1. The predicted octanol–water partition coefficient (Wildman–Crippen LogP) is 2.51. The molecule has 1 fully saturated rings. The van der Waals surface area contributed by atoms with Gasteiger partial charge in [0.2, 0.25) is 0 Å². The van der Waals surface area contributed by atoms with Crippen LogP contribution in [0.4, 0.5) is 4.79 Å². The van der Waals surface area contributed by atoms with Crippen LogP contribution < -0.4 is 0 Å². The molecule has 1 aliphatic rings. The summed E-state index contributed by atoms with van der Waals surface area (Å²) < 4.78 is 1.48. The third-order valence-electron chi connectivity index (χ3n) is 2.54. The van der Waals surface area contributed by atoms with Crippen molar-refractivity contribution < 1.29 is 9.59 Å². The van der Waals surface area contributed by atoms with E-state index in [9.17, 15) is 9.59 Å². The Morgan fingerprint density at radius 3 is 2.14 bits per heavy atom. The Bertz CT molecular complexity index is 272. The van der Waals surface area contributed by atoms with Crippen LogP contribution in [0.1, 0.15) is 33.1 Å². The van der Waals surface area contributed by atoms with Crippen LogP contribution in [0.3, 0.4) is 0 Å². The van der Waals surface area contributed by atoms with E-state index in [1.54, 1.807) is 0 Å². The molecule has 1 rings (SSSR count). The molecule has 1 aliphatic heterocycles. The van der Waals surface area contributed by atoms with Crippen LogP contribution in [0.25, 0.3) is 0 Å². The number of halogens is 2. The number of urea groups is 1. The normalized spacial score (nSPS) is 27.7. The zero-order valence-electron chi connectivity index (χ0n) is 8.09. The van der Waals surface area contributed by atoms with Gasteiger partial charge in [-0.1, -0.05) is 20.3 Å². The highest BCUT2D eigenvalue weighted by Crippen LogP contribution is 2.37. The van der Waals surface area contributed by atoms with Crippen LogP contribution in [0.15, 0.2) is 0 Å². The molecule has 0 N–H and O–H groups in total. The molecule has 1 saturated heterocycles. The lowest BCUT2D eigenvalue weighted by atomic mass is 9.91. The second kappa shape index (κ2) is 3.95. The quantitative estimate of drug-likeness (QED) is 0.560. The average Bonchev–Trinajstić information content (AvgIpc) is 2.34. The van der Waals surface area contributed by atoms with Gasteiger partial charge < -0.3 is 0 Å². The van der Waals surface area contributed by atoms with Crippen molar-refractivity contribution in [3.63, 3.8) is 0 Å². The molecule has 1 heterocycles. The third kappa shape index (κ3) is 1.37. The Kier molecular flexibility index (Phi) is 3.27. The molecule has 1 unspecified atom stereocenters. The van der Waals surface area contributed by atoms with Crippen LogP contribution >= 0.6 is 23.6 Å². The number of carbonyl (C=O) groups excluding carboxylic acids is 2. The van der Waals surface area contributed by atoms with Crippen molar-refractivity contribution >= 4 is 35.5 Å². The summed E-state index contributed by atoms with van der Waals surface area (Å²) in [6, 6.07) is -0.659. The van der Waals surface area contributed by atoms with Crippen LogP contribution in [0, 0.1) is 0 Å². The molecule has 6 heteroatoms. The molecule has 1 atom stereocenters. The van der Waals surface area contributed by atoms with Gasteiger partial charge in [0.05, 0.1) is 0 Å². The van der Waals surface area contributed by atoms with Gasteiger partial charge in [-0.15, -0.1) is 0 Å². The fourth-order valence-corrected chi connectivity index (χ4v) is 2.32. The summed E-state index contributed by atoms with van der Waals surface area (Å²) >= 11 is 11.3. The summed E-state index contributed by atoms with van der Waals surface area (Å²) in [6.07, 6.45) is 1.76. The highest BCUT2D eigenvalue weighted by Gasteiger charge is 2.55. The number of amides is 3. The van der Waals surface area contributed by atoms with Gasteiger partial charge in [0, 0.05) is 23.6 Å². The highest BCUT2D eigenvalue weighted by molar-refractivity contribution is 6.39. The second-order valence-electron chi connectivity index (χ2n) is 3.28. The Morgan fingerprint density at radius 1 is 1.29 bits per heavy atom. The molecule has 0 aliphatic carbocycles. The minimum absolute atomic E-state index is 0.427. The number of rotatable bonds is 3. The molecule has 0 aromatic rings. The zero-order chi connectivity index (χ0) is 10.9. The lowest BCUT2D eigenvalue weighted by molar-refractivity contribution is -0.129. The maximum atomic E-state index is 11.7. The summed E-state index contributed by atoms with van der Waals surface area (Å²) in [5.41, 5.74) is -0.949. The first-order valence-corrected chi connectivity index (χ1v) is 5.19. The third-order valence-corrected chi connectivity index (χ3v) is 3.30. The maximum absolute atomic E-state index is 11.7. The van der Waals surface area contributed by atoms with Gasteiger partial charge >= 0.3 is 6.03 Å². The van der Waals surface area contributed by atoms with Gasteiger partial charge in [0.15, 0.2) is 0 Å². The molecular weight excluding hydrogens is 227 g/mol. The smallest absolute Gasteiger partial charge is 0.270 e. The van der Waals surface area contributed by atoms with E-state index in [1.165, 1.54) is 0 Å². The van der Waals surface area contributed by atoms with Gasteiger partial charge in [-0.3, -0.25) is 4.79 Å². The Balaban J connectivity index is 3.06. The minimum atomic E-state index is -0.949. The predicted molar refractivity (Wildman–Crippen MR) is 53.7 cm³/mol. The van der Waals surface area contributed by atoms with E-state index in [0.717, 1.165) is 10.8 Å². The van der Waals surface area contributed by atoms with E-state index in [1.807, 2.05) is 13.8 Å². The van der Waals surface area contributed by atoms with Crippen molar-refractivity contribution in [2.75, 3.05) is 0 Å². The number of nitrogens with zero attached hydrogens (tertiary/aromatic N) is 2. The van der Waals surface area contributed by atoms with Gasteiger partial charge in [-0.2, -0.15) is 4.42 Å². The largest absolute Gasteiger partial charge is 0.357 e. The second-order valence-corrected chi connectivity index (χ2v) is 3.96. The summed E-state index contributed by atoms with van der Waals surface area (Å²) in [5, 5.41) is 0. The van der Waals surface area contributed by atoms with E-state index in [0.29, 0.717) is 17.3 Å². The van der Waals surface area contributed by atoms with Crippen molar-refractivity contribution in [1.29, 1.82) is 0 Å². The van der Waals surface area contributed by atoms with E-state index in [2.05, 4.69) is 0 Å². The van der Waals surface area contributed by atoms with Crippen molar-refractivity contribution in [3.05, 3.63) is 0 Å². The van der Waals surface area contributed by atoms with Crippen molar-refractivity contribution in [3.8, 4) is 0 Å². The van der Waals surface area contributed by atoms with E-state index >= 15 is 0 Å². The summed E-state index contributed by atoms with van der Waals surface area (Å²) in [4.78, 5) is 23.0. The van der Waals surface area contributed by atoms with Crippen molar-refractivity contribution in [2.24, 2.45) is 0 Å². The van der Waals surface area contributed by atoms with Gasteiger partial charge in [-0.05, 0) is 12.8 Å². The lowest BCUT2D eigenvalue weighted by Crippen LogP contribution is -2.44. The molecule has 4 nitrogen and oxygen atoms in total. The molecule has 0 spiro atoms. The fraction of sp³-hybridized carbons (Fsp3) is 0.750. The first kappa shape index (κ1) is 11.6. The van der Waals surface area contributed by atoms with Gasteiger partial charge in [0.25, 0.3) is 5.91 Å². The van der Waals surface area contributed by atoms with Gasteiger partial charge in [-0.25, -0.2) is 9.21 Å². The molecule has 0 radical (unpaired) electrons. The monoisotopic (exact) mass is 238 g/mol. The first-order valence-electron chi connectivity index (χ1n) is 4.51. The van der Waals surface area contributed by atoms with Crippen LogP contribution in [-0.4, -0.2) is 26.3 Å². The number of hydrogen-bond acceptors (Lipinski definition) is 2. The molecule has 0 bridgehead atoms. The fourth-order valence-electron chi connectivity index (χ4n) is 1.70. The van der Waals surface area contributed by atoms with Crippen molar-refractivity contribution in [1.82, 2.24) is 8.84 Å². The van der Waals surface area contributed by atoms with Crippen molar-refractivity contribution in [2.45, 2.75) is 38.6 Å². The topological polar surface area (TPSA) is 40.6 Å². The number of hydrogen-bond donors (Lipinski definition) is 0. The lowest BCUT2D eigenvalue weighted by Gasteiger charge is -2.28.